The standard InChI is InChI=1S/C15H17FO4/c16-13-9-11(1-2-12(13)14(17)18)10-3-5-15(6-4-10)19-7-8-20-15/h1-2,9-10H,3-8H2,(H,17,18). The molecule has 0 atom stereocenters. The molecule has 1 aliphatic heterocycles. The van der Waals surface area contributed by atoms with E-state index in [0.29, 0.717) is 13.2 Å². The summed E-state index contributed by atoms with van der Waals surface area (Å²) >= 11 is 0. The van der Waals surface area contributed by atoms with Crippen molar-refractivity contribution in [1.82, 2.24) is 0 Å². The molecule has 1 aromatic carbocycles. The molecule has 1 saturated heterocycles. The fraction of sp³-hybridized carbons (Fsp3) is 0.533. The van der Waals surface area contributed by atoms with Crippen molar-refractivity contribution in [2.24, 2.45) is 0 Å². The van der Waals surface area contributed by atoms with E-state index in [1.54, 1.807) is 6.07 Å². The average molecular weight is 280 g/mol. The van der Waals surface area contributed by atoms with Crippen LogP contribution in [0.1, 0.15) is 47.5 Å². The Kier molecular flexibility index (Phi) is 3.48. The predicted molar refractivity (Wildman–Crippen MR) is 69.2 cm³/mol. The number of aromatic carboxylic acids is 1. The van der Waals surface area contributed by atoms with Crippen LogP contribution in [0.25, 0.3) is 0 Å². The maximum Gasteiger partial charge on any atom is 0.338 e. The molecule has 0 aromatic heterocycles. The van der Waals surface area contributed by atoms with Gasteiger partial charge in [0.2, 0.25) is 0 Å². The van der Waals surface area contributed by atoms with Gasteiger partial charge in [-0.15, -0.1) is 0 Å². The molecular weight excluding hydrogens is 263 g/mol. The first-order valence-corrected chi connectivity index (χ1v) is 6.90. The average Bonchev–Trinajstić information content (AvgIpc) is 2.87. The highest BCUT2D eigenvalue weighted by Gasteiger charge is 2.40. The first-order chi connectivity index (χ1) is 9.60. The third-order valence-electron chi connectivity index (χ3n) is 4.26. The van der Waals surface area contributed by atoms with Crippen LogP contribution in [0.2, 0.25) is 0 Å². The lowest BCUT2D eigenvalue weighted by Gasteiger charge is -2.35. The number of benzene rings is 1. The molecule has 108 valence electrons. The smallest absolute Gasteiger partial charge is 0.338 e. The molecule has 1 aromatic rings. The van der Waals surface area contributed by atoms with Crippen LogP contribution in [0.4, 0.5) is 4.39 Å². The van der Waals surface area contributed by atoms with Gasteiger partial charge in [-0.05, 0) is 36.5 Å². The van der Waals surface area contributed by atoms with Crippen LogP contribution in [0, 0.1) is 5.82 Å². The van der Waals surface area contributed by atoms with Crippen LogP contribution < -0.4 is 0 Å². The van der Waals surface area contributed by atoms with Gasteiger partial charge >= 0.3 is 5.97 Å². The molecule has 2 fully saturated rings. The topological polar surface area (TPSA) is 55.8 Å². The minimum atomic E-state index is -1.23. The Morgan fingerprint density at radius 3 is 2.45 bits per heavy atom. The molecule has 5 heteroatoms. The predicted octanol–water partition coefficient (Wildman–Crippen LogP) is 2.92. The molecule has 4 nitrogen and oxygen atoms in total. The van der Waals surface area contributed by atoms with Gasteiger partial charge in [-0.1, -0.05) is 6.07 Å². The van der Waals surface area contributed by atoms with Crippen LogP contribution in [0.5, 0.6) is 0 Å². The van der Waals surface area contributed by atoms with Gasteiger partial charge in [0, 0.05) is 12.8 Å². The molecule has 1 saturated carbocycles. The number of carboxylic acids is 1. The first-order valence-electron chi connectivity index (χ1n) is 6.90. The van der Waals surface area contributed by atoms with Crippen LogP contribution in [0.15, 0.2) is 18.2 Å². The van der Waals surface area contributed by atoms with E-state index in [4.69, 9.17) is 14.6 Å². The number of carboxylic acid groups (broad SMARTS) is 1. The van der Waals surface area contributed by atoms with E-state index >= 15 is 0 Å². The highest BCUT2D eigenvalue weighted by Crippen LogP contribution is 2.42. The van der Waals surface area contributed by atoms with E-state index in [2.05, 4.69) is 0 Å². The lowest BCUT2D eigenvalue weighted by atomic mass is 9.81. The van der Waals surface area contributed by atoms with Crippen molar-refractivity contribution in [3.8, 4) is 0 Å². The van der Waals surface area contributed by atoms with Crippen molar-refractivity contribution in [3.05, 3.63) is 35.1 Å². The van der Waals surface area contributed by atoms with Gasteiger partial charge in [-0.25, -0.2) is 9.18 Å². The van der Waals surface area contributed by atoms with E-state index in [1.807, 2.05) is 0 Å². The molecule has 0 amide bonds. The fourth-order valence-electron chi connectivity index (χ4n) is 3.14. The van der Waals surface area contributed by atoms with Crippen molar-refractivity contribution in [1.29, 1.82) is 0 Å². The quantitative estimate of drug-likeness (QED) is 0.905. The molecule has 2 aliphatic rings. The van der Waals surface area contributed by atoms with Gasteiger partial charge in [0.05, 0.1) is 18.8 Å². The van der Waals surface area contributed by atoms with Crippen LogP contribution in [0.3, 0.4) is 0 Å². The summed E-state index contributed by atoms with van der Waals surface area (Å²) in [5.74, 6) is -2.07. The summed E-state index contributed by atoms with van der Waals surface area (Å²) in [5.41, 5.74) is 0.587. The largest absolute Gasteiger partial charge is 0.478 e. The lowest BCUT2D eigenvalue weighted by molar-refractivity contribution is -0.178. The second kappa shape index (κ2) is 5.14. The summed E-state index contributed by atoms with van der Waals surface area (Å²) < 4.78 is 25.1. The van der Waals surface area contributed by atoms with E-state index in [1.165, 1.54) is 12.1 Å². The zero-order chi connectivity index (χ0) is 14.2. The SMILES string of the molecule is O=C(O)c1ccc(C2CCC3(CC2)OCCO3)cc1F. The van der Waals surface area contributed by atoms with Crippen LogP contribution >= 0.6 is 0 Å². The van der Waals surface area contributed by atoms with Gasteiger partial charge in [-0.3, -0.25) is 0 Å². The monoisotopic (exact) mass is 280 g/mol. The highest BCUT2D eigenvalue weighted by atomic mass is 19.1. The third-order valence-corrected chi connectivity index (χ3v) is 4.26. The Bertz CT molecular complexity index is 513. The van der Waals surface area contributed by atoms with E-state index in [-0.39, 0.29) is 11.5 Å². The molecule has 1 aliphatic carbocycles. The minimum Gasteiger partial charge on any atom is -0.478 e. The van der Waals surface area contributed by atoms with Crippen LogP contribution in [-0.4, -0.2) is 30.1 Å². The van der Waals surface area contributed by atoms with Gasteiger partial charge in [0.25, 0.3) is 0 Å². The normalized spacial score (nSPS) is 22.2. The van der Waals surface area contributed by atoms with Gasteiger partial charge in [-0.2, -0.15) is 0 Å². The Hall–Kier alpha value is -1.46. The third kappa shape index (κ3) is 2.43. The molecule has 1 N–H and O–H groups in total. The van der Waals surface area contributed by atoms with Crippen molar-refractivity contribution in [2.45, 2.75) is 37.4 Å². The summed E-state index contributed by atoms with van der Waals surface area (Å²) in [4.78, 5) is 10.8. The Morgan fingerprint density at radius 2 is 1.90 bits per heavy atom. The molecule has 1 heterocycles. The van der Waals surface area contributed by atoms with Gasteiger partial charge < -0.3 is 14.6 Å². The molecular formula is C15H17FO4. The zero-order valence-electron chi connectivity index (χ0n) is 11.1. The minimum absolute atomic E-state index is 0.241. The van der Waals surface area contributed by atoms with E-state index in [9.17, 15) is 9.18 Å². The van der Waals surface area contributed by atoms with Crippen LogP contribution in [-0.2, 0) is 9.47 Å². The number of ether oxygens (including phenoxy) is 2. The molecule has 0 bridgehead atoms. The highest BCUT2D eigenvalue weighted by molar-refractivity contribution is 5.87. The Morgan fingerprint density at radius 1 is 1.25 bits per heavy atom. The van der Waals surface area contributed by atoms with E-state index in [0.717, 1.165) is 31.2 Å². The number of hydrogen-bond donors (Lipinski definition) is 1. The number of carbonyl (C=O) groups is 1. The molecule has 3 rings (SSSR count). The summed E-state index contributed by atoms with van der Waals surface area (Å²) in [6.07, 6.45) is 3.34. The van der Waals surface area contributed by atoms with E-state index < -0.39 is 17.6 Å². The molecule has 0 radical (unpaired) electrons. The first kappa shape index (κ1) is 13.5. The van der Waals surface area contributed by atoms with Gasteiger partial charge in [0.1, 0.15) is 5.82 Å². The Labute approximate surface area is 116 Å². The number of hydrogen-bond acceptors (Lipinski definition) is 3. The summed E-state index contributed by atoms with van der Waals surface area (Å²) in [6.45, 7) is 1.29. The molecule has 0 unspecified atom stereocenters. The number of halogens is 1. The van der Waals surface area contributed by atoms with Crippen molar-refractivity contribution in [2.75, 3.05) is 13.2 Å². The van der Waals surface area contributed by atoms with Crippen molar-refractivity contribution >= 4 is 5.97 Å². The number of rotatable bonds is 2. The second-order valence-corrected chi connectivity index (χ2v) is 5.43. The Balaban J connectivity index is 1.72. The summed E-state index contributed by atoms with van der Waals surface area (Å²) in [6, 6.07) is 4.41. The molecule has 1 spiro atoms. The van der Waals surface area contributed by atoms with Gasteiger partial charge in [0.15, 0.2) is 5.79 Å². The maximum absolute atomic E-state index is 13.7. The second-order valence-electron chi connectivity index (χ2n) is 5.43. The zero-order valence-corrected chi connectivity index (χ0v) is 11.1. The summed E-state index contributed by atoms with van der Waals surface area (Å²) in [7, 11) is 0. The lowest BCUT2D eigenvalue weighted by Crippen LogP contribution is -2.34. The van der Waals surface area contributed by atoms with Crippen molar-refractivity contribution in [3.63, 3.8) is 0 Å². The van der Waals surface area contributed by atoms with Crippen molar-refractivity contribution < 1.29 is 23.8 Å². The fourth-order valence-corrected chi connectivity index (χ4v) is 3.14. The molecule has 20 heavy (non-hydrogen) atoms. The summed E-state index contributed by atoms with van der Waals surface area (Å²) in [5, 5.41) is 8.83. The maximum atomic E-state index is 13.7.